The van der Waals surface area contributed by atoms with Gasteiger partial charge in [0.05, 0.1) is 10.7 Å². The molecule has 0 bridgehead atoms. The van der Waals surface area contributed by atoms with Crippen molar-refractivity contribution in [1.29, 1.82) is 0 Å². The molecule has 1 aromatic heterocycles. The van der Waals surface area contributed by atoms with E-state index in [1.165, 1.54) is 26.0 Å². The van der Waals surface area contributed by atoms with Gasteiger partial charge in [0.25, 0.3) is 0 Å². The van der Waals surface area contributed by atoms with Crippen LogP contribution in [0.25, 0.3) is 11.3 Å². The summed E-state index contributed by atoms with van der Waals surface area (Å²) in [5.41, 5.74) is 8.18. The monoisotopic (exact) mass is 262 g/mol. The summed E-state index contributed by atoms with van der Waals surface area (Å²) in [6.45, 7) is 2.81. The molecule has 0 fully saturated rings. The third-order valence-electron chi connectivity index (χ3n) is 2.99. The van der Waals surface area contributed by atoms with E-state index in [0.717, 1.165) is 5.75 Å². The van der Waals surface area contributed by atoms with Crippen LogP contribution >= 0.6 is 23.1 Å². The van der Waals surface area contributed by atoms with E-state index in [4.69, 9.17) is 10.7 Å². The number of hydrogen-bond acceptors (Lipinski definition) is 4. The largest absolute Gasteiger partial charge is 0.330 e. The Bertz CT molecular complexity index is 548. The van der Waals surface area contributed by atoms with Crippen LogP contribution in [0.2, 0.25) is 0 Å². The molecule has 0 saturated heterocycles. The van der Waals surface area contributed by atoms with Gasteiger partial charge in [-0.25, -0.2) is 4.98 Å². The summed E-state index contributed by atoms with van der Waals surface area (Å²) in [6.07, 6.45) is 0. The maximum atomic E-state index is 5.72. The van der Waals surface area contributed by atoms with Crippen molar-refractivity contribution in [3.8, 4) is 11.3 Å². The Labute approximate surface area is 109 Å². The van der Waals surface area contributed by atoms with Crippen LogP contribution in [-0.4, -0.2) is 11.5 Å². The third-order valence-corrected chi connectivity index (χ3v) is 5.56. The molecule has 2 heterocycles. The maximum absolute atomic E-state index is 5.72. The summed E-state index contributed by atoms with van der Waals surface area (Å²) in [6, 6.07) is 8.51. The summed E-state index contributed by atoms with van der Waals surface area (Å²) in [4.78, 5) is 7.53. The molecule has 2 N–H and O–H groups in total. The van der Waals surface area contributed by atoms with Gasteiger partial charge in [0.1, 0.15) is 0 Å². The van der Waals surface area contributed by atoms with E-state index in [-0.39, 0.29) is 0 Å². The molecular weight excluding hydrogens is 248 g/mol. The van der Waals surface area contributed by atoms with Crippen LogP contribution in [0.5, 0.6) is 0 Å². The highest BCUT2D eigenvalue weighted by molar-refractivity contribution is 7.98. The van der Waals surface area contributed by atoms with Crippen molar-refractivity contribution in [2.24, 2.45) is 5.73 Å². The molecule has 1 aliphatic heterocycles. The molecule has 2 nitrogen and oxygen atoms in total. The molecule has 4 heteroatoms. The Balaban J connectivity index is 2.10. The molecule has 0 spiro atoms. The lowest BCUT2D eigenvalue weighted by Gasteiger charge is -2.13. The highest BCUT2D eigenvalue weighted by Crippen LogP contribution is 2.44. The number of aromatic nitrogens is 1. The lowest BCUT2D eigenvalue weighted by atomic mass is 10.1. The molecule has 1 unspecified atom stereocenters. The Morgan fingerprint density at radius 3 is 3.06 bits per heavy atom. The molecule has 3 rings (SSSR count). The number of hydrogen-bond donors (Lipinski definition) is 1. The van der Waals surface area contributed by atoms with Crippen LogP contribution in [0.4, 0.5) is 0 Å². The number of benzene rings is 1. The van der Waals surface area contributed by atoms with E-state index in [1.807, 2.05) is 23.1 Å². The van der Waals surface area contributed by atoms with Crippen molar-refractivity contribution in [2.75, 3.05) is 6.54 Å². The van der Waals surface area contributed by atoms with Crippen LogP contribution in [-0.2, 0) is 5.75 Å². The Kier molecular flexibility index (Phi) is 2.94. The SMILES string of the molecule is CC(CN)c1nc2c(s1)CSc1ccccc1-2. The van der Waals surface area contributed by atoms with Gasteiger partial charge in [-0.05, 0) is 6.07 Å². The number of fused-ring (bicyclic) bond motifs is 3. The van der Waals surface area contributed by atoms with Crippen molar-refractivity contribution >= 4 is 23.1 Å². The van der Waals surface area contributed by atoms with Gasteiger partial charge in [-0.1, -0.05) is 25.1 Å². The Morgan fingerprint density at radius 2 is 2.24 bits per heavy atom. The van der Waals surface area contributed by atoms with E-state index in [2.05, 4.69) is 31.2 Å². The highest BCUT2D eigenvalue weighted by atomic mass is 32.2. The van der Waals surface area contributed by atoms with Crippen molar-refractivity contribution in [3.05, 3.63) is 34.2 Å². The minimum atomic E-state index is 0.364. The van der Waals surface area contributed by atoms with Gasteiger partial charge in [0.2, 0.25) is 0 Å². The first-order valence-electron chi connectivity index (χ1n) is 5.71. The zero-order chi connectivity index (χ0) is 11.8. The fourth-order valence-corrected chi connectivity index (χ4v) is 4.19. The third kappa shape index (κ3) is 1.90. The van der Waals surface area contributed by atoms with Crippen molar-refractivity contribution in [2.45, 2.75) is 23.5 Å². The average Bonchev–Trinajstić information content (AvgIpc) is 2.82. The van der Waals surface area contributed by atoms with Gasteiger partial charge >= 0.3 is 0 Å². The van der Waals surface area contributed by atoms with Gasteiger partial charge in [-0.3, -0.25) is 0 Å². The molecule has 17 heavy (non-hydrogen) atoms. The van der Waals surface area contributed by atoms with E-state index in [1.54, 1.807) is 0 Å². The molecule has 1 aromatic carbocycles. The van der Waals surface area contributed by atoms with Gasteiger partial charge in [0.15, 0.2) is 0 Å². The number of rotatable bonds is 2. The first-order chi connectivity index (χ1) is 8.29. The van der Waals surface area contributed by atoms with E-state index in [9.17, 15) is 0 Å². The topological polar surface area (TPSA) is 38.9 Å². The second-order valence-electron chi connectivity index (χ2n) is 4.25. The lowest BCUT2D eigenvalue weighted by molar-refractivity contribution is 0.766. The molecule has 0 saturated carbocycles. The first-order valence-corrected chi connectivity index (χ1v) is 7.51. The average molecular weight is 262 g/mol. The zero-order valence-electron chi connectivity index (χ0n) is 9.64. The quantitative estimate of drug-likeness (QED) is 0.900. The van der Waals surface area contributed by atoms with Gasteiger partial charge in [0, 0.05) is 33.6 Å². The molecule has 2 aromatic rings. The zero-order valence-corrected chi connectivity index (χ0v) is 11.3. The molecule has 0 amide bonds. The van der Waals surface area contributed by atoms with Gasteiger partial charge in [-0.15, -0.1) is 23.1 Å². The normalized spacial score (nSPS) is 15.2. The Morgan fingerprint density at radius 1 is 1.41 bits per heavy atom. The minimum Gasteiger partial charge on any atom is -0.330 e. The van der Waals surface area contributed by atoms with E-state index < -0.39 is 0 Å². The molecular formula is C13H14N2S2. The van der Waals surface area contributed by atoms with E-state index >= 15 is 0 Å². The van der Waals surface area contributed by atoms with Gasteiger partial charge < -0.3 is 5.73 Å². The Hall–Kier alpha value is -0.840. The number of nitrogens with two attached hydrogens (primary N) is 1. The van der Waals surface area contributed by atoms with Crippen molar-refractivity contribution < 1.29 is 0 Å². The smallest absolute Gasteiger partial charge is 0.0976 e. The predicted octanol–water partition coefficient (Wildman–Crippen LogP) is 3.48. The van der Waals surface area contributed by atoms with Crippen LogP contribution in [0.15, 0.2) is 29.2 Å². The molecule has 0 aliphatic carbocycles. The number of nitrogens with zero attached hydrogens (tertiary/aromatic N) is 1. The molecule has 88 valence electrons. The first kappa shape index (κ1) is 11.3. The van der Waals surface area contributed by atoms with Crippen molar-refractivity contribution in [1.82, 2.24) is 4.98 Å². The molecule has 0 radical (unpaired) electrons. The summed E-state index contributed by atoms with van der Waals surface area (Å²) in [5, 5.41) is 1.18. The summed E-state index contributed by atoms with van der Waals surface area (Å²) in [7, 11) is 0. The molecule has 1 aliphatic rings. The fourth-order valence-electron chi connectivity index (χ4n) is 1.92. The van der Waals surface area contributed by atoms with E-state index in [0.29, 0.717) is 12.5 Å². The van der Waals surface area contributed by atoms with Crippen LogP contribution in [0.1, 0.15) is 22.7 Å². The minimum absolute atomic E-state index is 0.364. The maximum Gasteiger partial charge on any atom is 0.0976 e. The van der Waals surface area contributed by atoms with Gasteiger partial charge in [-0.2, -0.15) is 0 Å². The molecule has 1 atom stereocenters. The summed E-state index contributed by atoms with van der Waals surface area (Å²) in [5.74, 6) is 1.41. The summed E-state index contributed by atoms with van der Waals surface area (Å²) >= 11 is 3.72. The predicted molar refractivity (Wildman–Crippen MR) is 74.6 cm³/mol. The van der Waals surface area contributed by atoms with Crippen LogP contribution in [0, 0.1) is 0 Å². The number of thioether (sulfide) groups is 1. The second kappa shape index (κ2) is 4.44. The number of thiazole rings is 1. The summed E-state index contributed by atoms with van der Waals surface area (Å²) < 4.78 is 0. The standard InChI is InChI=1S/C13H14N2S2/c1-8(6-14)13-15-12-9-4-2-3-5-10(9)16-7-11(12)17-13/h2-5,8H,6-7,14H2,1H3. The second-order valence-corrected chi connectivity index (χ2v) is 6.38. The highest BCUT2D eigenvalue weighted by Gasteiger charge is 2.22. The lowest BCUT2D eigenvalue weighted by Crippen LogP contribution is -2.08. The van der Waals surface area contributed by atoms with Crippen molar-refractivity contribution in [3.63, 3.8) is 0 Å². The van der Waals surface area contributed by atoms with Crippen LogP contribution < -0.4 is 5.73 Å². The van der Waals surface area contributed by atoms with Crippen LogP contribution in [0.3, 0.4) is 0 Å². The fraction of sp³-hybridized carbons (Fsp3) is 0.308.